The summed E-state index contributed by atoms with van der Waals surface area (Å²) in [5.41, 5.74) is 18.4. The molecule has 0 saturated heterocycles. The molecule has 0 aliphatic rings. The summed E-state index contributed by atoms with van der Waals surface area (Å²) in [5.74, 6) is 1.33. The van der Waals surface area contributed by atoms with Crippen LogP contribution in [0.1, 0.15) is 0 Å². The molecular formula is C76H48N6S. The van der Waals surface area contributed by atoms with E-state index in [-0.39, 0.29) is 0 Å². The number of benzene rings is 11. The van der Waals surface area contributed by atoms with Crippen molar-refractivity contribution >= 4 is 65.7 Å². The molecule has 0 spiro atoms. The first kappa shape index (κ1) is 48.1. The van der Waals surface area contributed by atoms with E-state index in [4.69, 9.17) is 19.9 Å². The Labute approximate surface area is 483 Å². The second-order valence-corrected chi connectivity index (χ2v) is 22.1. The molecule has 16 rings (SSSR count). The average Bonchev–Trinajstić information content (AvgIpc) is 1.93. The molecule has 7 heteroatoms. The van der Waals surface area contributed by atoms with Crippen LogP contribution in [-0.4, -0.2) is 29.1 Å². The van der Waals surface area contributed by atoms with Gasteiger partial charge in [-0.25, -0.2) is 19.9 Å². The minimum Gasteiger partial charge on any atom is -0.307 e. The SMILES string of the molecule is c1ccc(-c2cc(-c3ccccc3)nc(-c3ccc4c(c3)c3ccc5c6cc(-c7nc(-c8ccccc8)cc(-c8ccccc8)n7)ccc6n(-c6ccc7cc(-c8ccc(-c9ccccc9)s8)ccc7c6)c5c3n4-c3ccccc3)n2)cc1. The normalized spacial score (nSPS) is 11.6. The number of fused-ring (bicyclic) bond motifs is 8. The van der Waals surface area contributed by atoms with Gasteiger partial charge < -0.3 is 9.13 Å². The summed E-state index contributed by atoms with van der Waals surface area (Å²) >= 11 is 1.83. The van der Waals surface area contributed by atoms with Crippen molar-refractivity contribution in [3.8, 4) is 100 Å². The van der Waals surface area contributed by atoms with E-state index in [1.807, 2.05) is 35.6 Å². The van der Waals surface area contributed by atoms with E-state index >= 15 is 0 Å². The lowest BCUT2D eigenvalue weighted by Gasteiger charge is -2.13. The van der Waals surface area contributed by atoms with E-state index in [2.05, 4.69) is 276 Å². The highest BCUT2D eigenvalue weighted by Crippen LogP contribution is 2.45. The minimum absolute atomic E-state index is 0.664. The Bertz CT molecular complexity index is 5000. The van der Waals surface area contributed by atoms with Crippen molar-refractivity contribution in [3.05, 3.63) is 291 Å². The fraction of sp³-hybridized carbons (Fsp3) is 0. The number of rotatable bonds is 10. The lowest BCUT2D eigenvalue weighted by molar-refractivity contribution is 1.15. The molecule has 0 aliphatic heterocycles. The van der Waals surface area contributed by atoms with E-state index in [0.29, 0.717) is 11.6 Å². The Kier molecular flexibility index (Phi) is 11.6. The molecular weight excluding hydrogens is 1030 g/mol. The van der Waals surface area contributed by atoms with Crippen LogP contribution in [-0.2, 0) is 0 Å². The smallest absolute Gasteiger partial charge is 0.160 e. The maximum absolute atomic E-state index is 5.31. The van der Waals surface area contributed by atoms with Gasteiger partial charge >= 0.3 is 0 Å². The summed E-state index contributed by atoms with van der Waals surface area (Å²) in [5, 5.41) is 6.77. The highest BCUT2D eigenvalue weighted by Gasteiger charge is 2.24. The van der Waals surface area contributed by atoms with Crippen molar-refractivity contribution in [2.75, 3.05) is 0 Å². The van der Waals surface area contributed by atoms with Crippen molar-refractivity contribution in [3.63, 3.8) is 0 Å². The Hall–Kier alpha value is -10.9. The third-order valence-electron chi connectivity index (χ3n) is 15.9. The molecule has 388 valence electrons. The van der Waals surface area contributed by atoms with Gasteiger partial charge in [0.1, 0.15) is 0 Å². The van der Waals surface area contributed by atoms with Crippen molar-refractivity contribution in [1.82, 2.24) is 29.1 Å². The van der Waals surface area contributed by atoms with Crippen LogP contribution in [0, 0.1) is 0 Å². The van der Waals surface area contributed by atoms with E-state index in [9.17, 15) is 0 Å². The molecule has 0 aliphatic carbocycles. The molecule has 5 aromatic heterocycles. The molecule has 5 heterocycles. The van der Waals surface area contributed by atoms with Crippen LogP contribution in [0.2, 0.25) is 0 Å². The molecule has 0 atom stereocenters. The zero-order valence-electron chi connectivity index (χ0n) is 44.8. The van der Waals surface area contributed by atoms with Crippen LogP contribution in [0.15, 0.2) is 291 Å². The first-order valence-electron chi connectivity index (χ1n) is 27.9. The maximum atomic E-state index is 5.31. The standard InChI is InChI=1S/C76H48N6S/c1-7-19-49(20-8-1)65-47-66(50-21-9-2-10-22-50)78-75(77-65)57-34-39-69-63(45-57)61-37-38-62-64-46-58(76-79-67(51-23-11-3-12-24-51)48-68(80-76)52-25-13-4-14-26-52)35-40-70(64)82(74(62)73(61)81(69)59-29-17-6-18-30-59)60-36-33-54-43-56(32-31-55(54)44-60)72-42-41-71(83-72)53-27-15-5-16-28-53/h1-48H. The van der Waals surface area contributed by atoms with Crippen molar-refractivity contribution in [2.24, 2.45) is 0 Å². The molecule has 16 aromatic rings. The van der Waals surface area contributed by atoms with Gasteiger partial charge in [-0.15, -0.1) is 11.3 Å². The van der Waals surface area contributed by atoms with Gasteiger partial charge in [0, 0.05) is 76.1 Å². The summed E-state index contributed by atoms with van der Waals surface area (Å²) in [6, 6.07) is 104. The molecule has 0 fully saturated rings. The van der Waals surface area contributed by atoms with Crippen molar-refractivity contribution < 1.29 is 0 Å². The molecule has 0 bridgehead atoms. The zero-order valence-corrected chi connectivity index (χ0v) is 45.6. The summed E-state index contributed by atoms with van der Waals surface area (Å²) < 4.78 is 4.92. The monoisotopic (exact) mass is 1080 g/mol. The molecule has 0 N–H and O–H groups in total. The summed E-state index contributed by atoms with van der Waals surface area (Å²) in [6.45, 7) is 0. The van der Waals surface area contributed by atoms with Crippen LogP contribution in [0.3, 0.4) is 0 Å². The highest BCUT2D eigenvalue weighted by molar-refractivity contribution is 7.18. The van der Waals surface area contributed by atoms with E-state index in [1.165, 1.54) is 26.3 Å². The molecule has 0 radical (unpaired) electrons. The predicted molar refractivity (Wildman–Crippen MR) is 345 cm³/mol. The molecule has 6 nitrogen and oxygen atoms in total. The number of thiophene rings is 1. The number of hydrogen-bond acceptors (Lipinski definition) is 5. The van der Waals surface area contributed by atoms with Crippen molar-refractivity contribution in [2.45, 2.75) is 0 Å². The molecule has 0 amide bonds. The first-order valence-corrected chi connectivity index (χ1v) is 28.7. The second-order valence-electron chi connectivity index (χ2n) is 21.0. The van der Waals surface area contributed by atoms with Gasteiger partial charge in [-0.3, -0.25) is 0 Å². The third kappa shape index (κ3) is 8.58. The molecule has 11 aromatic carbocycles. The van der Waals surface area contributed by atoms with Crippen LogP contribution >= 0.6 is 11.3 Å². The van der Waals surface area contributed by atoms with Gasteiger partial charge in [-0.2, -0.15) is 0 Å². The summed E-state index contributed by atoms with van der Waals surface area (Å²) in [4.78, 5) is 23.7. The van der Waals surface area contributed by atoms with Gasteiger partial charge in [0.2, 0.25) is 0 Å². The number of para-hydroxylation sites is 1. The highest BCUT2D eigenvalue weighted by atomic mass is 32.1. The molecule has 0 unspecified atom stereocenters. The van der Waals surface area contributed by atoms with E-state index in [0.717, 1.165) is 117 Å². The lowest BCUT2D eigenvalue weighted by Crippen LogP contribution is -1.99. The van der Waals surface area contributed by atoms with Gasteiger partial charge in [-0.1, -0.05) is 200 Å². The zero-order chi connectivity index (χ0) is 54.8. The van der Waals surface area contributed by atoms with Gasteiger partial charge in [-0.05, 0) is 113 Å². The third-order valence-corrected chi connectivity index (χ3v) is 17.1. The predicted octanol–water partition coefficient (Wildman–Crippen LogP) is 20.0. The average molecular weight is 1080 g/mol. The van der Waals surface area contributed by atoms with Crippen LogP contribution < -0.4 is 0 Å². The molecule has 83 heavy (non-hydrogen) atoms. The van der Waals surface area contributed by atoms with Gasteiger partial charge in [0.25, 0.3) is 0 Å². The Morgan fingerprint density at radius 3 is 1.07 bits per heavy atom. The summed E-state index contributed by atoms with van der Waals surface area (Å²) in [6.07, 6.45) is 0. The fourth-order valence-corrected chi connectivity index (χ4v) is 13.0. The largest absolute Gasteiger partial charge is 0.307 e. The first-order chi connectivity index (χ1) is 41.1. The number of aromatic nitrogens is 6. The topological polar surface area (TPSA) is 61.4 Å². The Balaban J connectivity index is 0.936. The number of nitrogens with zero attached hydrogens (tertiary/aromatic N) is 6. The van der Waals surface area contributed by atoms with E-state index < -0.39 is 0 Å². The van der Waals surface area contributed by atoms with Crippen molar-refractivity contribution in [1.29, 1.82) is 0 Å². The van der Waals surface area contributed by atoms with Crippen LogP contribution in [0.4, 0.5) is 0 Å². The van der Waals surface area contributed by atoms with E-state index in [1.54, 1.807) is 0 Å². The quantitative estimate of drug-likeness (QED) is 0.137. The van der Waals surface area contributed by atoms with Crippen LogP contribution in [0.5, 0.6) is 0 Å². The fourth-order valence-electron chi connectivity index (χ4n) is 11.9. The lowest BCUT2D eigenvalue weighted by atomic mass is 10.0. The Morgan fingerprint density at radius 1 is 0.241 bits per heavy atom. The summed E-state index contributed by atoms with van der Waals surface area (Å²) in [7, 11) is 0. The van der Waals surface area contributed by atoms with Crippen LogP contribution in [0.25, 0.3) is 154 Å². The van der Waals surface area contributed by atoms with Gasteiger partial charge in [0.15, 0.2) is 11.6 Å². The maximum Gasteiger partial charge on any atom is 0.160 e. The molecule has 0 saturated carbocycles. The Morgan fingerprint density at radius 2 is 0.614 bits per heavy atom. The minimum atomic E-state index is 0.664. The number of hydrogen-bond donors (Lipinski definition) is 0. The van der Waals surface area contributed by atoms with Gasteiger partial charge in [0.05, 0.1) is 44.8 Å². The second kappa shape index (κ2) is 20.0.